The van der Waals surface area contributed by atoms with Gasteiger partial charge in [-0.2, -0.15) is 0 Å². The van der Waals surface area contributed by atoms with Gasteiger partial charge in [0.2, 0.25) is 0 Å². The van der Waals surface area contributed by atoms with Gasteiger partial charge in [-0.3, -0.25) is 9.97 Å². The van der Waals surface area contributed by atoms with E-state index in [0.717, 1.165) is 44.8 Å². The molecular formula is C56H39N5. The summed E-state index contributed by atoms with van der Waals surface area (Å²) in [4.78, 5) is 24.0. The highest BCUT2D eigenvalue weighted by atomic mass is 15.0. The SMILES string of the molecule is Cc1cc(-c2ccccc2-c2ccc(-c3ccccn3)cc2)cc(-c2ccccc2-c2ccc(-c3ccc(-c4nc(-c5ccccc5)nc(-c5ccccc5)n4)cn3)cc2)c1. The molecule has 3 aromatic heterocycles. The molecule has 5 heteroatoms. The molecule has 0 aliphatic heterocycles. The molecule has 0 N–H and O–H groups in total. The van der Waals surface area contributed by atoms with Gasteiger partial charge in [0, 0.05) is 40.2 Å². The lowest BCUT2D eigenvalue weighted by molar-refractivity contribution is 1.07. The first-order valence-electron chi connectivity index (χ1n) is 20.4. The van der Waals surface area contributed by atoms with Gasteiger partial charge in [-0.25, -0.2) is 15.0 Å². The fraction of sp³-hybridized carbons (Fsp3) is 0.0179. The lowest BCUT2D eigenvalue weighted by Gasteiger charge is -2.15. The molecule has 7 aromatic carbocycles. The predicted octanol–water partition coefficient (Wildman–Crippen LogP) is 14.0. The van der Waals surface area contributed by atoms with Gasteiger partial charge in [0.05, 0.1) is 11.4 Å². The van der Waals surface area contributed by atoms with Crippen molar-refractivity contribution in [3.05, 3.63) is 224 Å². The molecule has 0 radical (unpaired) electrons. The maximum absolute atomic E-state index is 4.89. The van der Waals surface area contributed by atoms with Crippen molar-refractivity contribution < 1.29 is 0 Å². The molecular weight excluding hydrogens is 743 g/mol. The van der Waals surface area contributed by atoms with Crippen LogP contribution in [0.4, 0.5) is 0 Å². The highest BCUT2D eigenvalue weighted by Crippen LogP contribution is 2.39. The van der Waals surface area contributed by atoms with Crippen molar-refractivity contribution in [2.45, 2.75) is 6.92 Å². The first-order valence-corrected chi connectivity index (χ1v) is 20.4. The molecule has 0 fully saturated rings. The summed E-state index contributed by atoms with van der Waals surface area (Å²) in [5.41, 5.74) is 17.3. The van der Waals surface area contributed by atoms with Gasteiger partial charge in [-0.1, -0.05) is 176 Å². The van der Waals surface area contributed by atoms with Crippen LogP contribution >= 0.6 is 0 Å². The van der Waals surface area contributed by atoms with Gasteiger partial charge in [-0.05, 0) is 87.3 Å². The van der Waals surface area contributed by atoms with Crippen LogP contribution in [0.3, 0.4) is 0 Å². The molecule has 10 aromatic rings. The fourth-order valence-corrected chi connectivity index (χ4v) is 7.88. The Kier molecular flexibility index (Phi) is 10.1. The third-order valence-corrected chi connectivity index (χ3v) is 10.9. The van der Waals surface area contributed by atoms with Gasteiger partial charge in [0.1, 0.15) is 0 Å². The molecule has 0 saturated heterocycles. The van der Waals surface area contributed by atoms with Crippen molar-refractivity contribution in [2.24, 2.45) is 0 Å². The standard InChI is InChI=1S/C56H39N5/c1-38-34-46(50-20-10-8-18-48(50)39-23-27-41(28-24-39)52-22-12-13-33-57-52)36-47(35-38)51-21-11-9-19-49(51)40-25-29-42(30-26-40)53-32-31-45(37-58-53)56-60-54(43-14-4-2-5-15-43)59-55(61-56)44-16-6-3-7-17-44/h2-37H,1H3. The molecule has 0 unspecified atom stereocenters. The molecule has 0 bridgehead atoms. The number of rotatable bonds is 9. The van der Waals surface area contributed by atoms with E-state index in [0.29, 0.717) is 17.5 Å². The van der Waals surface area contributed by atoms with E-state index in [1.165, 1.54) is 44.5 Å². The van der Waals surface area contributed by atoms with Gasteiger partial charge in [0.25, 0.3) is 0 Å². The van der Waals surface area contributed by atoms with Crippen LogP contribution in [0.15, 0.2) is 219 Å². The zero-order valence-corrected chi connectivity index (χ0v) is 33.5. The van der Waals surface area contributed by atoms with Gasteiger partial charge >= 0.3 is 0 Å². The second-order valence-corrected chi connectivity index (χ2v) is 15.0. The second-order valence-electron chi connectivity index (χ2n) is 15.0. The van der Waals surface area contributed by atoms with Crippen LogP contribution in [0, 0.1) is 6.92 Å². The Hall–Kier alpha value is -8.15. The molecule has 0 saturated carbocycles. The number of aromatic nitrogens is 5. The topological polar surface area (TPSA) is 64.5 Å². The molecule has 5 nitrogen and oxygen atoms in total. The molecule has 0 atom stereocenters. The van der Waals surface area contributed by atoms with E-state index in [2.05, 4.69) is 127 Å². The minimum Gasteiger partial charge on any atom is -0.256 e. The fourth-order valence-electron chi connectivity index (χ4n) is 7.88. The van der Waals surface area contributed by atoms with Gasteiger partial charge < -0.3 is 0 Å². The lowest BCUT2D eigenvalue weighted by Crippen LogP contribution is -2.00. The van der Waals surface area contributed by atoms with Crippen LogP contribution in [0.5, 0.6) is 0 Å². The average molecular weight is 782 g/mol. The summed E-state index contributed by atoms with van der Waals surface area (Å²) in [6, 6.07) is 71.7. The van der Waals surface area contributed by atoms with Crippen molar-refractivity contribution in [3.63, 3.8) is 0 Å². The van der Waals surface area contributed by atoms with Crippen molar-refractivity contribution in [2.75, 3.05) is 0 Å². The largest absolute Gasteiger partial charge is 0.256 e. The van der Waals surface area contributed by atoms with Gasteiger partial charge in [0.15, 0.2) is 17.5 Å². The average Bonchev–Trinajstić information content (AvgIpc) is 3.34. The summed E-state index contributed by atoms with van der Waals surface area (Å²) in [6.45, 7) is 2.18. The number of pyridine rings is 2. The number of aryl methyl sites for hydroxylation is 1. The Morgan fingerprint density at radius 3 is 1.11 bits per heavy atom. The number of benzene rings is 7. The second kappa shape index (κ2) is 16.6. The van der Waals surface area contributed by atoms with Crippen LogP contribution in [0.1, 0.15) is 5.56 Å². The number of hydrogen-bond acceptors (Lipinski definition) is 5. The molecule has 0 amide bonds. The van der Waals surface area contributed by atoms with E-state index >= 15 is 0 Å². The first-order chi connectivity index (χ1) is 30.1. The Morgan fingerprint density at radius 2 is 0.672 bits per heavy atom. The quantitative estimate of drug-likeness (QED) is 0.146. The Morgan fingerprint density at radius 1 is 0.279 bits per heavy atom. The van der Waals surface area contributed by atoms with Crippen molar-refractivity contribution in [1.82, 2.24) is 24.9 Å². The lowest BCUT2D eigenvalue weighted by atomic mass is 9.89. The Labute approximate surface area is 355 Å². The highest BCUT2D eigenvalue weighted by Gasteiger charge is 2.15. The molecule has 3 heterocycles. The molecule has 0 spiro atoms. The van der Waals surface area contributed by atoms with E-state index < -0.39 is 0 Å². The first kappa shape index (κ1) is 37.1. The number of nitrogens with zero attached hydrogens (tertiary/aromatic N) is 5. The summed E-state index contributed by atoms with van der Waals surface area (Å²) in [6.07, 6.45) is 3.68. The molecule has 288 valence electrons. The molecule has 0 aliphatic rings. The van der Waals surface area contributed by atoms with Crippen molar-refractivity contribution in [1.29, 1.82) is 0 Å². The third-order valence-electron chi connectivity index (χ3n) is 10.9. The molecule has 0 aliphatic carbocycles. The smallest absolute Gasteiger partial charge is 0.165 e. The zero-order chi connectivity index (χ0) is 41.0. The zero-order valence-electron chi connectivity index (χ0n) is 33.5. The summed E-state index contributed by atoms with van der Waals surface area (Å²) in [7, 11) is 0. The maximum atomic E-state index is 4.89. The molecule has 61 heavy (non-hydrogen) atoms. The van der Waals surface area contributed by atoms with Crippen LogP contribution in [0.2, 0.25) is 0 Å². The maximum Gasteiger partial charge on any atom is 0.165 e. The summed E-state index contributed by atoms with van der Waals surface area (Å²) < 4.78 is 0. The van der Waals surface area contributed by atoms with E-state index in [9.17, 15) is 0 Å². The van der Waals surface area contributed by atoms with Crippen LogP contribution in [-0.4, -0.2) is 24.9 Å². The Balaban J connectivity index is 0.933. The number of hydrogen-bond donors (Lipinski definition) is 0. The normalized spacial score (nSPS) is 11.0. The van der Waals surface area contributed by atoms with Gasteiger partial charge in [-0.15, -0.1) is 0 Å². The Bertz CT molecular complexity index is 3040. The van der Waals surface area contributed by atoms with E-state index in [1.54, 1.807) is 0 Å². The highest BCUT2D eigenvalue weighted by molar-refractivity contribution is 5.90. The monoisotopic (exact) mass is 781 g/mol. The summed E-state index contributed by atoms with van der Waals surface area (Å²) in [5.74, 6) is 1.83. The van der Waals surface area contributed by atoms with E-state index in [4.69, 9.17) is 19.9 Å². The van der Waals surface area contributed by atoms with Crippen LogP contribution in [0.25, 0.3) is 101 Å². The molecule has 10 rings (SSSR count). The van der Waals surface area contributed by atoms with Crippen LogP contribution in [-0.2, 0) is 0 Å². The summed E-state index contributed by atoms with van der Waals surface area (Å²) >= 11 is 0. The third kappa shape index (κ3) is 7.88. The van der Waals surface area contributed by atoms with E-state index in [1.807, 2.05) is 103 Å². The predicted molar refractivity (Wildman–Crippen MR) is 249 cm³/mol. The van der Waals surface area contributed by atoms with Crippen molar-refractivity contribution in [3.8, 4) is 101 Å². The van der Waals surface area contributed by atoms with Crippen LogP contribution < -0.4 is 0 Å². The minimum absolute atomic E-state index is 0.580. The minimum atomic E-state index is 0.580. The van der Waals surface area contributed by atoms with E-state index in [-0.39, 0.29) is 0 Å². The summed E-state index contributed by atoms with van der Waals surface area (Å²) in [5, 5.41) is 0. The van der Waals surface area contributed by atoms with Crippen molar-refractivity contribution >= 4 is 0 Å².